The van der Waals surface area contributed by atoms with Crippen molar-refractivity contribution in [1.82, 2.24) is 26.2 Å². The van der Waals surface area contributed by atoms with E-state index in [1.54, 1.807) is 38.1 Å². The summed E-state index contributed by atoms with van der Waals surface area (Å²) in [7, 11) is 0. The normalized spacial score (nSPS) is 20.2. The molecule has 2 heterocycles. The maximum atomic E-state index is 13.5. The second-order valence-corrected chi connectivity index (χ2v) is 12.5. The van der Waals surface area contributed by atoms with Gasteiger partial charge >= 0.3 is 0 Å². The van der Waals surface area contributed by atoms with E-state index in [9.17, 15) is 24.0 Å². The highest BCUT2D eigenvalue weighted by Crippen LogP contribution is 2.20. The van der Waals surface area contributed by atoms with Crippen LogP contribution in [-0.2, 0) is 38.7 Å². The van der Waals surface area contributed by atoms with Gasteiger partial charge in [-0.1, -0.05) is 66.7 Å². The molecule has 2 aliphatic heterocycles. The van der Waals surface area contributed by atoms with Gasteiger partial charge in [0.25, 0.3) is 5.91 Å². The number of carbonyl (C=O) groups is 5. The fourth-order valence-electron chi connectivity index (χ4n) is 5.64. The van der Waals surface area contributed by atoms with Crippen LogP contribution in [0.3, 0.4) is 0 Å². The molecule has 4 N–H and O–H groups in total. The summed E-state index contributed by atoms with van der Waals surface area (Å²) in [6.07, 6.45) is 1.52. The van der Waals surface area contributed by atoms with Crippen molar-refractivity contribution >= 4 is 29.5 Å². The van der Waals surface area contributed by atoms with Crippen LogP contribution in [0, 0.1) is 0 Å². The van der Waals surface area contributed by atoms with Gasteiger partial charge in [0.2, 0.25) is 23.6 Å². The average Bonchev–Trinajstić information content (AvgIpc) is 3.46. The van der Waals surface area contributed by atoms with E-state index in [0.29, 0.717) is 19.4 Å². The second-order valence-electron chi connectivity index (χ2n) is 12.5. The third-order valence-electron chi connectivity index (χ3n) is 8.30. The molecule has 0 aliphatic carbocycles. The Balaban J connectivity index is 1.31. The molecule has 1 saturated heterocycles. The van der Waals surface area contributed by atoms with E-state index in [1.165, 1.54) is 0 Å². The summed E-state index contributed by atoms with van der Waals surface area (Å²) in [5.74, 6) is -1.68. The number of ether oxygens (including phenoxy) is 1. The summed E-state index contributed by atoms with van der Waals surface area (Å²) < 4.78 is 6.10. The van der Waals surface area contributed by atoms with Crippen LogP contribution in [0.5, 0.6) is 5.75 Å². The number of likely N-dealkylation sites (tertiary alicyclic amines) is 1. The number of para-hydroxylation sites is 1. The number of fused-ring (bicyclic) bond motifs is 1. The van der Waals surface area contributed by atoms with Gasteiger partial charge in [-0.15, -0.1) is 0 Å². The number of hydrogen-bond acceptors (Lipinski definition) is 6. The maximum Gasteiger partial charge on any atom is 0.255 e. The maximum absolute atomic E-state index is 13.5. The minimum absolute atomic E-state index is 0.0615. The number of amides is 5. The smallest absolute Gasteiger partial charge is 0.255 e. The summed E-state index contributed by atoms with van der Waals surface area (Å²) in [5.41, 5.74) is 1.66. The lowest BCUT2D eigenvalue weighted by Crippen LogP contribution is -2.59. The molecular formula is C36H41N5O6. The zero-order chi connectivity index (χ0) is 33.4. The standard InChI is InChI=1S/C36H41N5O6/c1-36(2)35(46)38-27(19-24-9-4-3-5-10-24)23-47-30-12-7-6-11-28(30)33(44)39-29(20-31(42)40-36)34(45)37-21-25-14-16-26(17-15-25)22-41-18-8-13-32(41)43/h3-7,9-12,14-17,27,29H,8,13,18-23H2,1-2H3,(H,37,45)(H,38,46)(H,39,44)(H,40,42)/t27-,29+/m1/s1. The van der Waals surface area contributed by atoms with Crippen LogP contribution in [0.4, 0.5) is 0 Å². The Bertz CT molecular complexity index is 1610. The highest BCUT2D eigenvalue weighted by Gasteiger charge is 2.34. The van der Waals surface area contributed by atoms with Gasteiger partial charge in [0.15, 0.2) is 0 Å². The Morgan fingerprint density at radius 2 is 1.60 bits per heavy atom. The lowest BCUT2D eigenvalue weighted by molar-refractivity contribution is -0.134. The van der Waals surface area contributed by atoms with Crippen LogP contribution < -0.4 is 26.0 Å². The van der Waals surface area contributed by atoms with Gasteiger partial charge in [-0.25, -0.2) is 0 Å². The predicted octanol–water partition coefficient (Wildman–Crippen LogP) is 2.63. The zero-order valence-electron chi connectivity index (χ0n) is 26.7. The number of carbonyl (C=O) groups excluding carboxylic acids is 5. The highest BCUT2D eigenvalue weighted by atomic mass is 16.5. The minimum atomic E-state index is -1.32. The molecule has 5 rings (SSSR count). The van der Waals surface area contributed by atoms with Gasteiger partial charge in [0.05, 0.1) is 18.0 Å². The van der Waals surface area contributed by atoms with Gasteiger partial charge in [-0.3, -0.25) is 24.0 Å². The minimum Gasteiger partial charge on any atom is -0.491 e. The predicted molar refractivity (Wildman–Crippen MR) is 175 cm³/mol. The van der Waals surface area contributed by atoms with E-state index in [-0.39, 0.29) is 30.4 Å². The van der Waals surface area contributed by atoms with E-state index < -0.39 is 47.7 Å². The lowest BCUT2D eigenvalue weighted by Gasteiger charge is -2.30. The number of hydrogen-bond donors (Lipinski definition) is 4. The van der Waals surface area contributed by atoms with Crippen molar-refractivity contribution in [3.63, 3.8) is 0 Å². The topological polar surface area (TPSA) is 146 Å². The quantitative estimate of drug-likeness (QED) is 0.313. The van der Waals surface area contributed by atoms with Gasteiger partial charge in [-0.05, 0) is 55.5 Å². The molecule has 0 aromatic heterocycles. The molecule has 2 aliphatic rings. The molecule has 47 heavy (non-hydrogen) atoms. The van der Waals surface area contributed by atoms with Gasteiger partial charge < -0.3 is 30.9 Å². The van der Waals surface area contributed by atoms with E-state index in [4.69, 9.17) is 4.74 Å². The van der Waals surface area contributed by atoms with Crippen LogP contribution in [0.1, 0.15) is 60.2 Å². The monoisotopic (exact) mass is 639 g/mol. The summed E-state index contributed by atoms with van der Waals surface area (Å²) in [6, 6.07) is 22.1. The highest BCUT2D eigenvalue weighted by molar-refractivity contribution is 6.01. The molecule has 2 atom stereocenters. The SMILES string of the molecule is CC1(C)NC(=O)C[C@@H](C(=O)NCc2ccc(CN3CCCC3=O)cc2)NC(=O)c2ccccc2OC[C@@H](Cc2ccccc2)NC1=O. The molecule has 11 nitrogen and oxygen atoms in total. The van der Waals surface area contributed by atoms with E-state index >= 15 is 0 Å². The van der Waals surface area contributed by atoms with E-state index in [2.05, 4.69) is 21.3 Å². The van der Waals surface area contributed by atoms with E-state index in [0.717, 1.165) is 29.7 Å². The summed E-state index contributed by atoms with van der Waals surface area (Å²) in [6.45, 7) is 4.68. The summed E-state index contributed by atoms with van der Waals surface area (Å²) in [4.78, 5) is 67.4. The molecule has 0 spiro atoms. The van der Waals surface area contributed by atoms with Crippen molar-refractivity contribution in [2.75, 3.05) is 13.2 Å². The average molecular weight is 640 g/mol. The number of rotatable bonds is 7. The number of nitrogens with one attached hydrogen (secondary N) is 4. The first-order chi connectivity index (χ1) is 22.6. The molecule has 0 unspecified atom stereocenters. The molecular weight excluding hydrogens is 598 g/mol. The second kappa shape index (κ2) is 14.9. The van der Waals surface area contributed by atoms with Gasteiger partial charge in [0.1, 0.15) is 23.9 Å². The third-order valence-corrected chi connectivity index (χ3v) is 8.30. The number of benzene rings is 3. The van der Waals surface area contributed by atoms with Crippen LogP contribution in [0.25, 0.3) is 0 Å². The third kappa shape index (κ3) is 8.96. The van der Waals surface area contributed by atoms with Crippen molar-refractivity contribution in [3.05, 3.63) is 101 Å². The molecule has 0 saturated carbocycles. The van der Waals surface area contributed by atoms with Crippen molar-refractivity contribution in [2.24, 2.45) is 0 Å². The zero-order valence-corrected chi connectivity index (χ0v) is 26.7. The van der Waals surface area contributed by atoms with Crippen molar-refractivity contribution in [1.29, 1.82) is 0 Å². The first kappa shape index (κ1) is 33.2. The Labute approximate surface area is 274 Å². The van der Waals surface area contributed by atoms with E-state index in [1.807, 2.05) is 59.5 Å². The first-order valence-electron chi connectivity index (χ1n) is 15.9. The fraction of sp³-hybridized carbons (Fsp3) is 0.361. The molecule has 5 amide bonds. The van der Waals surface area contributed by atoms with Crippen LogP contribution >= 0.6 is 0 Å². The van der Waals surface area contributed by atoms with Crippen molar-refractivity contribution in [3.8, 4) is 5.75 Å². The fourth-order valence-corrected chi connectivity index (χ4v) is 5.64. The van der Waals surface area contributed by atoms with Gasteiger partial charge in [-0.2, -0.15) is 0 Å². The van der Waals surface area contributed by atoms with Crippen LogP contribution in [0.15, 0.2) is 78.9 Å². The Morgan fingerprint density at radius 3 is 2.32 bits per heavy atom. The number of nitrogens with zero attached hydrogens (tertiary/aromatic N) is 1. The summed E-state index contributed by atoms with van der Waals surface area (Å²) in [5, 5.41) is 11.2. The summed E-state index contributed by atoms with van der Waals surface area (Å²) >= 11 is 0. The Morgan fingerprint density at radius 1 is 0.894 bits per heavy atom. The van der Waals surface area contributed by atoms with Crippen molar-refractivity contribution < 1.29 is 28.7 Å². The van der Waals surface area contributed by atoms with Crippen molar-refractivity contribution in [2.45, 2.75) is 70.2 Å². The molecule has 0 bridgehead atoms. The first-order valence-corrected chi connectivity index (χ1v) is 15.9. The molecule has 11 heteroatoms. The largest absolute Gasteiger partial charge is 0.491 e. The molecule has 0 radical (unpaired) electrons. The molecule has 3 aromatic carbocycles. The van der Waals surface area contributed by atoms with Crippen LogP contribution in [-0.4, -0.2) is 65.2 Å². The molecule has 3 aromatic rings. The van der Waals surface area contributed by atoms with Gasteiger partial charge in [0, 0.05) is 26.1 Å². The van der Waals surface area contributed by atoms with Crippen LogP contribution in [0.2, 0.25) is 0 Å². The molecule has 246 valence electrons. The molecule has 1 fully saturated rings. The Kier molecular flexibility index (Phi) is 10.5. The Hall–Kier alpha value is -5.19. The lowest BCUT2D eigenvalue weighted by atomic mass is 10.0.